The van der Waals surface area contributed by atoms with E-state index in [0.29, 0.717) is 17.1 Å². The fourth-order valence-corrected chi connectivity index (χ4v) is 2.54. The van der Waals surface area contributed by atoms with E-state index in [1.54, 1.807) is 30.3 Å². The maximum atomic E-state index is 12.8. The third-order valence-electron chi connectivity index (χ3n) is 4.01. The smallest absolute Gasteiger partial charge is 0.340 e. The van der Waals surface area contributed by atoms with Gasteiger partial charge in [0.2, 0.25) is 0 Å². The van der Waals surface area contributed by atoms with E-state index < -0.39 is 17.6 Å². The number of alkyl halides is 3. The molecule has 0 radical (unpaired) electrons. The van der Waals surface area contributed by atoms with Gasteiger partial charge < -0.3 is 10.6 Å². The first kappa shape index (κ1) is 20.1. The molecule has 0 saturated carbocycles. The molecular formula is C21H16F3N3O2. The molecule has 0 atom stereocenters. The van der Waals surface area contributed by atoms with Gasteiger partial charge in [0, 0.05) is 23.1 Å². The number of halogens is 3. The quantitative estimate of drug-likeness (QED) is 0.571. The van der Waals surface area contributed by atoms with Gasteiger partial charge in [-0.1, -0.05) is 18.2 Å². The van der Waals surface area contributed by atoms with Gasteiger partial charge >= 0.3 is 6.18 Å². The van der Waals surface area contributed by atoms with Gasteiger partial charge in [0.05, 0.1) is 11.1 Å². The van der Waals surface area contributed by atoms with E-state index in [9.17, 15) is 22.8 Å². The van der Waals surface area contributed by atoms with Crippen molar-refractivity contribution in [1.29, 1.82) is 0 Å². The van der Waals surface area contributed by atoms with Crippen LogP contribution in [-0.2, 0) is 6.18 Å². The van der Waals surface area contributed by atoms with Crippen LogP contribution in [0.15, 0.2) is 66.9 Å². The lowest BCUT2D eigenvalue weighted by Gasteiger charge is -2.10. The Morgan fingerprint density at radius 3 is 2.28 bits per heavy atom. The molecule has 0 fully saturated rings. The van der Waals surface area contributed by atoms with Crippen LogP contribution in [0.1, 0.15) is 33.2 Å². The summed E-state index contributed by atoms with van der Waals surface area (Å²) < 4.78 is 38.3. The predicted octanol–water partition coefficient (Wildman–Crippen LogP) is 5.30. The van der Waals surface area contributed by atoms with Crippen molar-refractivity contribution in [2.45, 2.75) is 13.1 Å². The summed E-state index contributed by atoms with van der Waals surface area (Å²) in [7, 11) is 0. The van der Waals surface area contributed by atoms with E-state index in [1.807, 2.05) is 0 Å². The van der Waals surface area contributed by atoms with Gasteiger partial charge in [-0.15, -0.1) is 0 Å². The highest BCUT2D eigenvalue weighted by molar-refractivity contribution is 6.04. The zero-order valence-electron chi connectivity index (χ0n) is 15.2. The molecule has 1 amide bonds. The van der Waals surface area contributed by atoms with E-state index in [0.717, 1.165) is 12.1 Å². The molecule has 0 aliphatic carbocycles. The molecule has 0 unspecified atom stereocenters. The van der Waals surface area contributed by atoms with Crippen LogP contribution in [0.4, 0.5) is 30.4 Å². The van der Waals surface area contributed by atoms with Crippen molar-refractivity contribution in [3.63, 3.8) is 0 Å². The van der Waals surface area contributed by atoms with Crippen LogP contribution in [0.3, 0.4) is 0 Å². The highest BCUT2D eigenvalue weighted by Crippen LogP contribution is 2.30. The molecule has 0 bridgehead atoms. The van der Waals surface area contributed by atoms with Gasteiger partial charge in [0.15, 0.2) is 5.78 Å². The van der Waals surface area contributed by atoms with Crippen LogP contribution in [0, 0.1) is 0 Å². The van der Waals surface area contributed by atoms with Gasteiger partial charge in [-0.05, 0) is 49.4 Å². The lowest BCUT2D eigenvalue weighted by Crippen LogP contribution is -2.13. The van der Waals surface area contributed by atoms with Gasteiger partial charge in [-0.3, -0.25) is 9.59 Å². The summed E-state index contributed by atoms with van der Waals surface area (Å²) in [6.45, 7) is 1.47. The third-order valence-corrected chi connectivity index (χ3v) is 4.01. The van der Waals surface area contributed by atoms with Crippen LogP contribution in [-0.4, -0.2) is 16.7 Å². The number of nitrogens with zero attached hydrogens (tertiary/aromatic N) is 1. The molecule has 2 aromatic carbocycles. The zero-order chi connectivity index (χ0) is 21.0. The number of Topliss-reactive ketones (excluding diaryl/α,β-unsaturated/α-hetero) is 1. The van der Waals surface area contributed by atoms with Crippen molar-refractivity contribution in [3.05, 3.63) is 83.6 Å². The highest BCUT2D eigenvalue weighted by Gasteiger charge is 2.30. The molecule has 5 nitrogen and oxygen atoms in total. The second-order valence-corrected chi connectivity index (χ2v) is 6.23. The Hall–Kier alpha value is -3.68. The Morgan fingerprint density at radius 2 is 1.62 bits per heavy atom. The van der Waals surface area contributed by atoms with Crippen molar-refractivity contribution < 1.29 is 22.8 Å². The van der Waals surface area contributed by atoms with Crippen molar-refractivity contribution in [1.82, 2.24) is 4.98 Å². The average Bonchev–Trinajstić information content (AvgIpc) is 2.68. The number of benzene rings is 2. The van der Waals surface area contributed by atoms with Crippen molar-refractivity contribution >= 4 is 28.9 Å². The molecule has 1 heterocycles. The van der Waals surface area contributed by atoms with Gasteiger partial charge in [0.25, 0.3) is 5.91 Å². The summed E-state index contributed by atoms with van der Waals surface area (Å²) in [5.74, 6) is -0.202. The van der Waals surface area contributed by atoms with E-state index >= 15 is 0 Å². The van der Waals surface area contributed by atoms with E-state index in [2.05, 4.69) is 15.6 Å². The number of amides is 1. The predicted molar refractivity (Wildman–Crippen MR) is 103 cm³/mol. The number of carbonyl (C=O) groups is 2. The second-order valence-electron chi connectivity index (χ2n) is 6.23. The van der Waals surface area contributed by atoms with Crippen LogP contribution in [0.5, 0.6) is 0 Å². The number of hydrogen-bond donors (Lipinski definition) is 2. The second kappa shape index (κ2) is 8.14. The van der Waals surface area contributed by atoms with Gasteiger partial charge in [0.1, 0.15) is 5.82 Å². The summed E-state index contributed by atoms with van der Waals surface area (Å²) in [6.07, 6.45) is -3.19. The number of carbonyl (C=O) groups excluding carboxylic acids is 2. The van der Waals surface area contributed by atoms with Crippen molar-refractivity contribution in [2.75, 3.05) is 10.6 Å². The number of aromatic nitrogens is 1. The largest absolute Gasteiger partial charge is 0.416 e. The molecule has 0 aliphatic heterocycles. The van der Waals surface area contributed by atoms with Crippen LogP contribution in [0.2, 0.25) is 0 Å². The number of hydrogen-bond acceptors (Lipinski definition) is 4. The minimum atomic E-state index is -4.49. The Labute approximate surface area is 164 Å². The van der Waals surface area contributed by atoms with Crippen LogP contribution < -0.4 is 10.6 Å². The standard InChI is InChI=1S/C21H16F3N3O2/c1-13(28)14-4-2-6-17(10-14)26-19-9-8-15(12-25-19)20(29)27-18-7-3-5-16(11-18)21(22,23)24/h2-12H,1H3,(H,25,26)(H,27,29). The summed E-state index contributed by atoms with van der Waals surface area (Å²) in [4.78, 5) is 27.9. The molecule has 3 rings (SSSR count). The number of rotatable bonds is 5. The Morgan fingerprint density at radius 1 is 0.897 bits per heavy atom. The Balaban J connectivity index is 1.69. The normalized spacial score (nSPS) is 11.0. The lowest BCUT2D eigenvalue weighted by atomic mass is 10.1. The first-order valence-electron chi connectivity index (χ1n) is 8.55. The first-order chi connectivity index (χ1) is 13.7. The molecule has 2 N–H and O–H groups in total. The first-order valence-corrected chi connectivity index (χ1v) is 8.55. The minimum absolute atomic E-state index is 0.0353. The monoisotopic (exact) mass is 399 g/mol. The number of pyridine rings is 1. The molecular weight excluding hydrogens is 383 g/mol. The summed E-state index contributed by atoms with van der Waals surface area (Å²) in [5, 5.41) is 5.44. The molecule has 29 heavy (non-hydrogen) atoms. The lowest BCUT2D eigenvalue weighted by molar-refractivity contribution is -0.137. The Bertz CT molecular complexity index is 1050. The molecule has 148 valence electrons. The van der Waals surface area contributed by atoms with Crippen LogP contribution >= 0.6 is 0 Å². The number of anilines is 3. The molecule has 0 aliphatic rings. The topological polar surface area (TPSA) is 71.1 Å². The SMILES string of the molecule is CC(=O)c1cccc(Nc2ccc(C(=O)Nc3cccc(C(F)(F)F)c3)cn2)c1. The third kappa shape index (κ3) is 5.19. The van der Waals surface area contributed by atoms with E-state index in [4.69, 9.17) is 0 Å². The molecule has 0 spiro atoms. The fourth-order valence-electron chi connectivity index (χ4n) is 2.54. The molecule has 3 aromatic rings. The summed E-state index contributed by atoms with van der Waals surface area (Å²) in [5.41, 5.74) is 0.581. The maximum absolute atomic E-state index is 12.8. The molecule has 1 aromatic heterocycles. The number of nitrogens with one attached hydrogen (secondary N) is 2. The highest BCUT2D eigenvalue weighted by atomic mass is 19.4. The van der Waals surface area contributed by atoms with Crippen molar-refractivity contribution in [3.8, 4) is 0 Å². The molecule has 8 heteroatoms. The van der Waals surface area contributed by atoms with E-state index in [1.165, 1.54) is 31.3 Å². The van der Waals surface area contributed by atoms with Gasteiger partial charge in [-0.25, -0.2) is 4.98 Å². The van der Waals surface area contributed by atoms with Crippen molar-refractivity contribution in [2.24, 2.45) is 0 Å². The fraction of sp³-hybridized carbons (Fsp3) is 0.0952. The summed E-state index contributed by atoms with van der Waals surface area (Å²) >= 11 is 0. The summed E-state index contributed by atoms with van der Waals surface area (Å²) in [6, 6.07) is 14.3. The Kier molecular flexibility index (Phi) is 5.63. The van der Waals surface area contributed by atoms with Crippen LogP contribution in [0.25, 0.3) is 0 Å². The molecule has 0 saturated heterocycles. The zero-order valence-corrected chi connectivity index (χ0v) is 15.2. The maximum Gasteiger partial charge on any atom is 0.416 e. The minimum Gasteiger partial charge on any atom is -0.340 e. The average molecular weight is 399 g/mol. The number of ketones is 1. The van der Waals surface area contributed by atoms with E-state index in [-0.39, 0.29) is 17.0 Å². The van der Waals surface area contributed by atoms with Gasteiger partial charge in [-0.2, -0.15) is 13.2 Å².